The molecular weight excluding hydrogens is 390 g/mol. The van der Waals surface area contributed by atoms with E-state index >= 15 is 0 Å². The Morgan fingerprint density at radius 3 is 2.47 bits per heavy atom. The number of methoxy groups -OCH3 is 1. The topological polar surface area (TPSA) is 103 Å². The number of fused-ring (bicyclic) bond motifs is 1. The van der Waals surface area contributed by atoms with E-state index < -0.39 is 11.9 Å². The predicted octanol–water partition coefficient (Wildman–Crippen LogP) is 3.35. The molecule has 0 bridgehead atoms. The fourth-order valence-corrected chi connectivity index (χ4v) is 3.94. The number of imide groups is 1. The highest BCUT2D eigenvalue weighted by atomic mass is 16.5. The number of amides is 2. The summed E-state index contributed by atoms with van der Waals surface area (Å²) in [5, 5.41) is 0. The third-order valence-corrected chi connectivity index (χ3v) is 5.49. The molecule has 1 aliphatic carbocycles. The number of carbonyl (C=O) groups excluding carboxylic acids is 4. The quantitative estimate of drug-likeness (QED) is 0.549. The summed E-state index contributed by atoms with van der Waals surface area (Å²) in [5.74, 6) is -1.66. The van der Waals surface area contributed by atoms with Crippen molar-refractivity contribution < 1.29 is 33.1 Å². The Labute approximate surface area is 172 Å². The van der Waals surface area contributed by atoms with Gasteiger partial charge in [0.2, 0.25) is 5.76 Å². The first kappa shape index (κ1) is 19.9. The molecule has 0 unspecified atom stereocenters. The summed E-state index contributed by atoms with van der Waals surface area (Å²) in [6.45, 7) is -0.187. The highest BCUT2D eigenvalue weighted by molar-refractivity contribution is 6.22. The first-order valence-corrected chi connectivity index (χ1v) is 9.85. The van der Waals surface area contributed by atoms with E-state index in [4.69, 9.17) is 9.15 Å². The summed E-state index contributed by atoms with van der Waals surface area (Å²) in [4.78, 5) is 50.7. The molecule has 1 saturated carbocycles. The summed E-state index contributed by atoms with van der Waals surface area (Å²) in [6, 6.07) is 7.23. The fraction of sp³-hybridized carbons (Fsp3) is 0.364. The van der Waals surface area contributed by atoms with Crippen LogP contribution in [0.5, 0.6) is 0 Å². The lowest BCUT2D eigenvalue weighted by Crippen LogP contribution is -2.40. The van der Waals surface area contributed by atoms with Crippen molar-refractivity contribution in [1.82, 2.24) is 4.90 Å². The Hall–Kier alpha value is -3.42. The van der Waals surface area contributed by atoms with Crippen LogP contribution in [0.4, 0.5) is 0 Å². The van der Waals surface area contributed by atoms with Gasteiger partial charge in [-0.05, 0) is 43.2 Å². The molecule has 156 valence electrons. The average molecular weight is 411 g/mol. The normalized spacial score (nSPS) is 16.5. The van der Waals surface area contributed by atoms with Crippen LogP contribution in [-0.4, -0.2) is 41.8 Å². The van der Waals surface area contributed by atoms with E-state index in [-0.39, 0.29) is 47.1 Å². The minimum absolute atomic E-state index is 0.00740. The predicted molar refractivity (Wildman–Crippen MR) is 103 cm³/mol. The van der Waals surface area contributed by atoms with Crippen molar-refractivity contribution in [2.24, 2.45) is 0 Å². The zero-order valence-electron chi connectivity index (χ0n) is 16.5. The molecule has 2 aromatic rings. The van der Waals surface area contributed by atoms with Crippen molar-refractivity contribution in [1.29, 1.82) is 0 Å². The molecule has 0 spiro atoms. The lowest BCUT2D eigenvalue weighted by Gasteiger charge is -2.29. The maximum Gasteiger partial charge on any atom is 0.373 e. The summed E-state index contributed by atoms with van der Waals surface area (Å²) >= 11 is 0. The van der Waals surface area contributed by atoms with Crippen LogP contribution in [0.2, 0.25) is 0 Å². The van der Waals surface area contributed by atoms with Gasteiger partial charge in [0.25, 0.3) is 11.8 Å². The van der Waals surface area contributed by atoms with Crippen molar-refractivity contribution in [3.63, 3.8) is 0 Å². The molecule has 2 amide bonds. The van der Waals surface area contributed by atoms with Gasteiger partial charge in [0, 0.05) is 6.04 Å². The van der Waals surface area contributed by atoms with Gasteiger partial charge in [0.15, 0.2) is 0 Å². The van der Waals surface area contributed by atoms with Crippen molar-refractivity contribution in [2.45, 2.75) is 44.8 Å². The molecule has 0 N–H and O–H groups in total. The van der Waals surface area contributed by atoms with E-state index in [0.29, 0.717) is 5.56 Å². The fourth-order valence-electron chi connectivity index (χ4n) is 3.94. The van der Waals surface area contributed by atoms with Crippen LogP contribution >= 0.6 is 0 Å². The number of hydrogen-bond acceptors (Lipinski definition) is 7. The third-order valence-electron chi connectivity index (χ3n) is 5.49. The second-order valence-corrected chi connectivity index (χ2v) is 7.37. The molecule has 1 fully saturated rings. The van der Waals surface area contributed by atoms with Gasteiger partial charge in [-0.2, -0.15) is 0 Å². The number of esters is 2. The number of nitrogens with zero attached hydrogens (tertiary/aromatic N) is 1. The molecule has 2 heterocycles. The zero-order chi connectivity index (χ0) is 21.3. The number of benzene rings is 1. The lowest BCUT2D eigenvalue weighted by atomic mass is 9.94. The van der Waals surface area contributed by atoms with E-state index in [0.717, 1.165) is 32.1 Å². The molecule has 8 heteroatoms. The van der Waals surface area contributed by atoms with Crippen molar-refractivity contribution in [2.75, 3.05) is 7.11 Å². The molecule has 0 saturated heterocycles. The van der Waals surface area contributed by atoms with Gasteiger partial charge in [-0.1, -0.05) is 19.3 Å². The Morgan fingerprint density at radius 1 is 1.00 bits per heavy atom. The van der Waals surface area contributed by atoms with Crippen LogP contribution in [0.15, 0.2) is 34.7 Å². The van der Waals surface area contributed by atoms with E-state index in [2.05, 4.69) is 4.74 Å². The smallest absolute Gasteiger partial charge is 0.373 e. The molecular formula is C22H21NO7. The lowest BCUT2D eigenvalue weighted by molar-refractivity contribution is 0.0437. The van der Waals surface area contributed by atoms with Gasteiger partial charge >= 0.3 is 11.9 Å². The second kappa shape index (κ2) is 8.14. The van der Waals surface area contributed by atoms with Gasteiger partial charge in [-0.25, -0.2) is 9.59 Å². The number of furan rings is 1. The van der Waals surface area contributed by atoms with Gasteiger partial charge in [0.1, 0.15) is 12.4 Å². The molecule has 8 nitrogen and oxygen atoms in total. The Kier molecular flexibility index (Phi) is 5.39. The largest absolute Gasteiger partial charge is 0.463 e. The third kappa shape index (κ3) is 3.60. The van der Waals surface area contributed by atoms with Crippen LogP contribution in [0, 0.1) is 0 Å². The molecule has 4 rings (SSSR count). The van der Waals surface area contributed by atoms with Crippen LogP contribution in [0.3, 0.4) is 0 Å². The Balaban J connectivity index is 1.45. The van der Waals surface area contributed by atoms with Crippen molar-refractivity contribution >= 4 is 23.8 Å². The van der Waals surface area contributed by atoms with Gasteiger partial charge in [0.05, 0.1) is 23.8 Å². The molecule has 1 aliphatic heterocycles. The molecule has 0 atom stereocenters. The summed E-state index contributed by atoms with van der Waals surface area (Å²) in [7, 11) is 1.24. The van der Waals surface area contributed by atoms with Crippen LogP contribution in [-0.2, 0) is 16.1 Å². The van der Waals surface area contributed by atoms with Crippen LogP contribution < -0.4 is 0 Å². The maximum atomic E-state index is 12.8. The van der Waals surface area contributed by atoms with Gasteiger partial charge in [-0.3, -0.25) is 14.5 Å². The molecule has 1 aromatic heterocycles. The first-order chi connectivity index (χ1) is 14.5. The summed E-state index contributed by atoms with van der Waals surface area (Å²) in [5.41, 5.74) is 0.710. The monoisotopic (exact) mass is 411 g/mol. The average Bonchev–Trinajstić information content (AvgIpc) is 3.35. The highest BCUT2D eigenvalue weighted by Crippen LogP contribution is 2.31. The van der Waals surface area contributed by atoms with E-state index in [1.54, 1.807) is 0 Å². The van der Waals surface area contributed by atoms with Crippen molar-refractivity contribution in [3.8, 4) is 0 Å². The number of hydrogen-bond donors (Lipinski definition) is 0. The molecule has 0 radical (unpaired) electrons. The maximum absolute atomic E-state index is 12.8. The molecule has 1 aromatic carbocycles. The Bertz CT molecular complexity index is 1020. The van der Waals surface area contributed by atoms with Gasteiger partial charge < -0.3 is 13.9 Å². The first-order valence-electron chi connectivity index (χ1n) is 9.85. The van der Waals surface area contributed by atoms with Gasteiger partial charge in [-0.15, -0.1) is 0 Å². The Morgan fingerprint density at radius 2 is 1.73 bits per heavy atom. The summed E-state index contributed by atoms with van der Waals surface area (Å²) < 4.78 is 15.0. The zero-order valence-corrected chi connectivity index (χ0v) is 16.5. The van der Waals surface area contributed by atoms with E-state index in [1.165, 1.54) is 42.3 Å². The number of carbonyl (C=O) groups is 4. The van der Waals surface area contributed by atoms with E-state index in [1.807, 2.05) is 0 Å². The van der Waals surface area contributed by atoms with Crippen LogP contribution in [0.1, 0.15) is 79.5 Å². The molecule has 2 aliphatic rings. The standard InChI is InChI=1S/C22H21NO7/c1-28-22(27)18-10-8-15(30-18)12-29-21(26)13-7-9-16-17(11-13)20(25)23(19(16)24)14-5-3-2-4-6-14/h7-11,14H,2-6,12H2,1H3. The summed E-state index contributed by atoms with van der Waals surface area (Å²) in [6.07, 6.45) is 4.75. The number of ether oxygens (including phenoxy) is 2. The molecule has 30 heavy (non-hydrogen) atoms. The van der Waals surface area contributed by atoms with Crippen LogP contribution in [0.25, 0.3) is 0 Å². The number of rotatable bonds is 5. The highest BCUT2D eigenvalue weighted by Gasteiger charge is 2.40. The second-order valence-electron chi connectivity index (χ2n) is 7.37. The minimum atomic E-state index is -0.662. The minimum Gasteiger partial charge on any atom is -0.463 e. The van der Waals surface area contributed by atoms with E-state index in [9.17, 15) is 19.2 Å². The SMILES string of the molecule is COC(=O)c1ccc(COC(=O)c2ccc3c(c2)C(=O)N(C2CCCCC2)C3=O)o1. The van der Waals surface area contributed by atoms with Crippen molar-refractivity contribution in [3.05, 3.63) is 58.5 Å².